The van der Waals surface area contributed by atoms with Gasteiger partial charge in [-0.2, -0.15) is 4.98 Å². The van der Waals surface area contributed by atoms with Crippen LogP contribution in [0.3, 0.4) is 0 Å². The predicted octanol–water partition coefficient (Wildman–Crippen LogP) is 0.886. The molecule has 15 nitrogen and oxygen atoms in total. The number of thioether (sulfide) groups is 1. The molecule has 18 heteroatoms. The largest absolute Gasteiger partial charge is 0.470 e. The maximum atomic E-state index is 12.9. The highest BCUT2D eigenvalue weighted by Gasteiger charge is 2.49. The normalized spacial score (nSPS) is 21.7. The number of aliphatic hydroxyl groups is 1. The molecule has 0 bridgehead atoms. The number of aliphatic hydroxyl groups excluding tert-OH is 1. The summed E-state index contributed by atoms with van der Waals surface area (Å²) in [6, 6.07) is 13.6. The van der Waals surface area contributed by atoms with E-state index in [1.807, 2.05) is 42.9 Å². The molecular weight excluding hydrogens is 626 g/mol. The van der Waals surface area contributed by atoms with Gasteiger partial charge in [-0.3, -0.25) is 18.5 Å². The summed E-state index contributed by atoms with van der Waals surface area (Å²) in [5.74, 6) is -0.405. The molecule has 3 heterocycles. The molecule has 45 heavy (non-hydrogen) atoms. The summed E-state index contributed by atoms with van der Waals surface area (Å²) in [4.78, 5) is 47.5. The lowest BCUT2D eigenvalue weighted by molar-refractivity contribution is -0.146. The van der Waals surface area contributed by atoms with Crippen LogP contribution in [0.2, 0.25) is 6.82 Å². The third kappa shape index (κ3) is 6.70. The number of anilines is 1. The van der Waals surface area contributed by atoms with Crippen LogP contribution in [0.15, 0.2) is 58.6 Å². The van der Waals surface area contributed by atoms with E-state index in [-0.39, 0.29) is 11.6 Å². The zero-order valence-corrected chi connectivity index (χ0v) is 25.6. The second-order valence-electron chi connectivity index (χ2n) is 10.6. The molecule has 1 aliphatic heterocycles. The van der Waals surface area contributed by atoms with Crippen LogP contribution in [0.25, 0.3) is 16.5 Å². The number of hydrogen-bond acceptors (Lipinski definition) is 12. The number of esters is 1. The molecule has 2 aromatic heterocycles. The van der Waals surface area contributed by atoms with E-state index < -0.39 is 50.6 Å². The van der Waals surface area contributed by atoms with Gasteiger partial charge in [0.1, 0.15) is 30.7 Å². The number of rotatable bonds is 11. The minimum absolute atomic E-state index is 0.0713. The Labute approximate surface area is 261 Å². The second kappa shape index (κ2) is 12.7. The van der Waals surface area contributed by atoms with Crippen LogP contribution in [0.5, 0.6) is 0 Å². The number of hydrogen-bond donors (Lipinski definition) is 4. The maximum absolute atomic E-state index is 12.9. The first-order valence-corrected chi connectivity index (χ1v) is 16.5. The summed E-state index contributed by atoms with van der Waals surface area (Å²) in [6.45, 7) is 1.31. The molecule has 6 rings (SSSR count). The van der Waals surface area contributed by atoms with Crippen molar-refractivity contribution in [2.45, 2.75) is 55.3 Å². The molecule has 0 amide bonds. The van der Waals surface area contributed by atoms with Gasteiger partial charge in [0, 0.05) is 11.6 Å². The van der Waals surface area contributed by atoms with E-state index in [0.717, 1.165) is 32.8 Å². The third-order valence-corrected chi connectivity index (χ3v) is 8.95. The molecule has 2 fully saturated rings. The average molecular weight is 655 g/mol. The number of aromatic nitrogens is 5. The van der Waals surface area contributed by atoms with Gasteiger partial charge in [0.15, 0.2) is 11.4 Å². The van der Waals surface area contributed by atoms with E-state index in [1.54, 1.807) is 0 Å². The molecule has 1 radical (unpaired) electrons. The van der Waals surface area contributed by atoms with Gasteiger partial charge < -0.3 is 30.1 Å². The average Bonchev–Trinajstić information content (AvgIpc) is 3.70. The molecule has 5 N–H and O–H groups in total. The minimum Gasteiger partial charge on any atom is -0.462 e. The first-order valence-electron chi connectivity index (χ1n) is 14.0. The lowest BCUT2D eigenvalue weighted by Crippen LogP contribution is -2.38. The van der Waals surface area contributed by atoms with Crippen molar-refractivity contribution in [3.63, 3.8) is 0 Å². The standard InChI is InChI=1S/C27H29BN6O9PS/c1-28-25-31-32-27(34(25)18-9-8-15(14-6-7-14)16-4-2-3-5-17(16)18)45-13-21(35)41-12-19-23(43-44(38,39)40)22(36)24(42-19)33-11-10-20(29)30-26(33)37/h2-5,8-11,14,19,22-24,36H,6-7,12-13H2,1H3,(H2,29,30,37)(H2,38,39,40)/t19-,22?,23?,24-/m1/s1. The molecule has 0 spiro atoms. The van der Waals surface area contributed by atoms with E-state index in [4.69, 9.17) is 19.7 Å². The first kappa shape index (κ1) is 31.4. The highest BCUT2D eigenvalue weighted by Crippen LogP contribution is 2.45. The van der Waals surface area contributed by atoms with Crippen LogP contribution >= 0.6 is 19.6 Å². The number of carbonyl (C=O) groups excluding carboxylic acids is 1. The molecule has 2 aromatic carbocycles. The number of phosphoric ester groups is 1. The van der Waals surface area contributed by atoms with Crippen LogP contribution < -0.4 is 17.1 Å². The predicted molar refractivity (Wildman–Crippen MR) is 164 cm³/mol. The van der Waals surface area contributed by atoms with Gasteiger partial charge in [0.2, 0.25) is 7.28 Å². The zero-order valence-electron chi connectivity index (χ0n) is 23.9. The monoisotopic (exact) mass is 655 g/mol. The Morgan fingerprint density at radius 1 is 1.18 bits per heavy atom. The fraction of sp³-hybridized carbons (Fsp3) is 0.370. The lowest BCUT2D eigenvalue weighted by Gasteiger charge is -2.20. The number of nitrogens with two attached hydrogens (primary N) is 1. The Hall–Kier alpha value is -3.57. The van der Waals surface area contributed by atoms with Crippen molar-refractivity contribution in [1.82, 2.24) is 24.3 Å². The molecule has 4 atom stereocenters. The van der Waals surface area contributed by atoms with Crippen LogP contribution in [0.4, 0.5) is 5.82 Å². The van der Waals surface area contributed by atoms with Crippen molar-refractivity contribution in [2.24, 2.45) is 0 Å². The molecule has 4 aromatic rings. The quantitative estimate of drug-likeness (QED) is 0.0765. The SMILES string of the molecule is C[B]c1nnc(SCC(=O)OC[C@H]2O[C@@H](n3ccc(N)nc3=O)C(O)C2OP(=O)(O)O)n1-c1ccc(C2CC2)c2ccccc12. The van der Waals surface area contributed by atoms with Gasteiger partial charge in [-0.05, 0) is 41.8 Å². The van der Waals surface area contributed by atoms with E-state index in [2.05, 4.69) is 27.3 Å². The Morgan fingerprint density at radius 2 is 1.93 bits per heavy atom. The van der Waals surface area contributed by atoms with Crippen LogP contribution in [0.1, 0.15) is 30.6 Å². The van der Waals surface area contributed by atoms with Gasteiger partial charge in [-0.1, -0.05) is 48.9 Å². The summed E-state index contributed by atoms with van der Waals surface area (Å²) in [5, 5.41) is 22.0. The van der Waals surface area contributed by atoms with Gasteiger partial charge in [-0.25, -0.2) is 9.36 Å². The van der Waals surface area contributed by atoms with Gasteiger partial charge in [-0.15, -0.1) is 10.2 Å². The van der Waals surface area contributed by atoms with E-state index >= 15 is 0 Å². The Morgan fingerprint density at radius 3 is 2.62 bits per heavy atom. The summed E-state index contributed by atoms with van der Waals surface area (Å²) in [6.07, 6.45) is -2.59. The fourth-order valence-corrected chi connectivity index (χ4v) is 6.70. The Kier molecular flexibility index (Phi) is 8.85. The summed E-state index contributed by atoms with van der Waals surface area (Å²) in [5.41, 5.74) is 7.42. The van der Waals surface area contributed by atoms with Crippen molar-refractivity contribution in [1.29, 1.82) is 0 Å². The summed E-state index contributed by atoms with van der Waals surface area (Å²) in [7, 11) is -3.29. The highest BCUT2D eigenvalue weighted by atomic mass is 32.2. The third-order valence-electron chi connectivity index (χ3n) is 7.53. The van der Waals surface area contributed by atoms with E-state index in [9.17, 15) is 29.0 Å². The number of nitrogen functional groups attached to an aromatic ring is 1. The topological polar surface area (TPSA) is 214 Å². The molecule has 1 saturated heterocycles. The Bertz CT molecular complexity index is 1850. The second-order valence-corrected chi connectivity index (χ2v) is 12.7. The fourth-order valence-electron chi connectivity index (χ4n) is 5.37. The van der Waals surface area contributed by atoms with Crippen molar-refractivity contribution < 1.29 is 38.3 Å². The van der Waals surface area contributed by atoms with Crippen LogP contribution in [0, 0.1) is 0 Å². The van der Waals surface area contributed by atoms with Gasteiger partial charge in [0.05, 0.1) is 17.2 Å². The first-order chi connectivity index (χ1) is 21.5. The number of nitrogens with zero attached hydrogens (tertiary/aromatic N) is 5. The number of fused-ring (bicyclic) bond motifs is 1. The highest BCUT2D eigenvalue weighted by molar-refractivity contribution is 7.99. The molecular formula is C27H29BN6O9PS. The van der Waals surface area contributed by atoms with Gasteiger partial charge >= 0.3 is 19.5 Å². The van der Waals surface area contributed by atoms with Gasteiger partial charge in [0.25, 0.3) is 0 Å². The number of carbonyl (C=O) groups is 1. The number of benzene rings is 2. The Balaban J connectivity index is 1.17. The van der Waals surface area contributed by atoms with Crippen LogP contribution in [-0.2, 0) is 23.4 Å². The maximum Gasteiger partial charge on any atom is 0.470 e. The van der Waals surface area contributed by atoms with E-state index in [0.29, 0.717) is 16.8 Å². The van der Waals surface area contributed by atoms with Crippen molar-refractivity contribution in [3.05, 3.63) is 64.7 Å². The molecule has 2 unspecified atom stereocenters. The minimum atomic E-state index is -5.11. The number of ether oxygens (including phenoxy) is 2. The van der Waals surface area contributed by atoms with Crippen molar-refractivity contribution in [2.75, 3.05) is 18.1 Å². The van der Waals surface area contributed by atoms with Crippen molar-refractivity contribution >= 4 is 55.1 Å². The number of phosphoric acid groups is 1. The molecule has 1 aliphatic carbocycles. The molecule has 1 saturated carbocycles. The van der Waals surface area contributed by atoms with Crippen molar-refractivity contribution in [3.8, 4) is 5.69 Å². The zero-order chi connectivity index (χ0) is 31.9. The van der Waals surface area contributed by atoms with Crippen LogP contribution in [-0.4, -0.2) is 83.1 Å². The lowest BCUT2D eigenvalue weighted by atomic mass is 9.81. The molecule has 235 valence electrons. The van der Waals surface area contributed by atoms with E-state index in [1.165, 1.54) is 30.7 Å². The smallest absolute Gasteiger partial charge is 0.462 e. The summed E-state index contributed by atoms with van der Waals surface area (Å²) < 4.78 is 30.2. The molecule has 2 aliphatic rings. The summed E-state index contributed by atoms with van der Waals surface area (Å²) >= 11 is 1.10.